The average Bonchev–Trinajstić information content (AvgIpc) is 3.35. The molecule has 4 heterocycles. The number of carbonyl (C=O) groups excluding carboxylic acids is 1. The van der Waals surface area contributed by atoms with Crippen LogP contribution in [0.2, 0.25) is 0 Å². The minimum atomic E-state index is -4.32. The molecule has 0 atom stereocenters. The summed E-state index contributed by atoms with van der Waals surface area (Å²) < 4.78 is 43.1. The topological polar surface area (TPSA) is 78.0 Å². The number of aromatic nitrogens is 5. The number of alkyl halides is 3. The third-order valence-electron chi connectivity index (χ3n) is 6.94. The second kappa shape index (κ2) is 8.32. The summed E-state index contributed by atoms with van der Waals surface area (Å²) in [5.74, 6) is -2.03. The number of fused-ring (bicyclic) bond motifs is 2. The van der Waals surface area contributed by atoms with Crippen LogP contribution in [0.4, 0.5) is 13.2 Å². The van der Waals surface area contributed by atoms with Gasteiger partial charge in [-0.15, -0.1) is 0 Å². The second-order valence-corrected chi connectivity index (χ2v) is 9.17. The number of hydrogen-bond acceptors (Lipinski definition) is 4. The molecule has 0 radical (unpaired) electrons. The maximum absolute atomic E-state index is 13.5. The van der Waals surface area contributed by atoms with E-state index in [1.807, 2.05) is 31.3 Å². The van der Waals surface area contributed by atoms with Crippen LogP contribution in [0.1, 0.15) is 0 Å². The number of rotatable bonds is 4. The van der Waals surface area contributed by atoms with Gasteiger partial charge in [-0.3, -0.25) is 23.6 Å². The van der Waals surface area contributed by atoms with E-state index < -0.39 is 23.7 Å². The molecule has 1 saturated heterocycles. The number of pyridine rings is 1. The average molecular weight is 506 g/mol. The van der Waals surface area contributed by atoms with Crippen molar-refractivity contribution < 1.29 is 18.0 Å². The van der Waals surface area contributed by atoms with Gasteiger partial charge in [0.25, 0.3) is 0 Å². The Balaban J connectivity index is 1.34. The van der Waals surface area contributed by atoms with Gasteiger partial charge >= 0.3 is 11.9 Å². The SMILES string of the molecule is Cn1ncc2c(-c3ccc(-n4c(=O)n(CC(=O)N5CC(C(F)(F)F)C5)c5ccccc54)cc3)cncc21. The maximum atomic E-state index is 13.5. The van der Waals surface area contributed by atoms with E-state index in [0.717, 1.165) is 26.9 Å². The molecule has 37 heavy (non-hydrogen) atoms. The molecule has 0 bridgehead atoms. The molecule has 1 aliphatic heterocycles. The zero-order chi connectivity index (χ0) is 25.9. The lowest BCUT2D eigenvalue weighted by Crippen LogP contribution is -2.56. The Labute approximate surface area is 208 Å². The van der Waals surface area contributed by atoms with Crippen LogP contribution in [0.15, 0.2) is 71.9 Å². The predicted octanol–water partition coefficient (Wildman–Crippen LogP) is 3.76. The molecule has 1 fully saturated rings. The zero-order valence-electron chi connectivity index (χ0n) is 19.7. The zero-order valence-corrected chi connectivity index (χ0v) is 19.7. The van der Waals surface area contributed by atoms with Gasteiger partial charge in [0.1, 0.15) is 6.54 Å². The highest BCUT2D eigenvalue weighted by molar-refractivity contribution is 5.93. The molecule has 0 unspecified atom stereocenters. The van der Waals surface area contributed by atoms with Crippen molar-refractivity contribution in [3.63, 3.8) is 0 Å². The van der Waals surface area contributed by atoms with Gasteiger partial charge < -0.3 is 4.90 Å². The van der Waals surface area contributed by atoms with Crippen molar-refractivity contribution in [1.82, 2.24) is 28.8 Å². The van der Waals surface area contributed by atoms with E-state index in [-0.39, 0.29) is 19.6 Å². The lowest BCUT2D eigenvalue weighted by Gasteiger charge is -2.40. The van der Waals surface area contributed by atoms with Crippen molar-refractivity contribution in [3.8, 4) is 16.8 Å². The molecule has 0 spiro atoms. The standard InChI is InChI=1S/C26H21F3N6O2/c1-32-23-12-30-10-19(20(23)11-31-32)16-6-8-18(9-7-16)35-22-5-3-2-4-21(22)34(25(35)37)15-24(36)33-13-17(14-33)26(27,28)29/h2-12,17H,13-15H2,1H3. The fourth-order valence-corrected chi connectivity index (χ4v) is 4.81. The molecular weight excluding hydrogens is 485 g/mol. The summed E-state index contributed by atoms with van der Waals surface area (Å²) >= 11 is 0. The number of halogens is 3. The molecule has 188 valence electrons. The number of benzene rings is 2. The summed E-state index contributed by atoms with van der Waals surface area (Å²) in [5.41, 5.74) is 4.00. The van der Waals surface area contributed by atoms with Crippen LogP contribution >= 0.6 is 0 Å². The second-order valence-electron chi connectivity index (χ2n) is 9.17. The van der Waals surface area contributed by atoms with E-state index in [4.69, 9.17) is 0 Å². The van der Waals surface area contributed by atoms with Gasteiger partial charge in [0, 0.05) is 37.3 Å². The Hall–Kier alpha value is -4.41. The van der Waals surface area contributed by atoms with Crippen LogP contribution in [0, 0.1) is 5.92 Å². The summed E-state index contributed by atoms with van der Waals surface area (Å²) in [6.45, 7) is -1.09. The molecule has 1 amide bonds. The normalized spacial score (nSPS) is 14.4. The number of nitrogens with zero attached hydrogens (tertiary/aromatic N) is 6. The van der Waals surface area contributed by atoms with E-state index in [1.165, 1.54) is 9.13 Å². The van der Waals surface area contributed by atoms with Crippen LogP contribution in [-0.2, 0) is 18.4 Å². The van der Waals surface area contributed by atoms with Crippen molar-refractivity contribution >= 4 is 27.8 Å². The Bertz CT molecular complexity index is 1710. The minimum absolute atomic E-state index is 0.330. The van der Waals surface area contributed by atoms with Crippen LogP contribution in [-0.4, -0.2) is 54.0 Å². The summed E-state index contributed by atoms with van der Waals surface area (Å²) in [6.07, 6.45) is 0.972. The molecule has 3 aromatic heterocycles. The van der Waals surface area contributed by atoms with Crippen LogP contribution < -0.4 is 5.69 Å². The first kappa shape index (κ1) is 23.0. The molecule has 0 N–H and O–H groups in total. The van der Waals surface area contributed by atoms with Crippen molar-refractivity contribution in [2.24, 2.45) is 13.0 Å². The number of para-hydroxylation sites is 2. The number of hydrogen-bond donors (Lipinski definition) is 0. The number of aryl methyl sites for hydroxylation is 1. The molecule has 11 heteroatoms. The molecule has 2 aromatic carbocycles. The summed E-state index contributed by atoms with van der Waals surface area (Å²) in [7, 11) is 1.85. The molecule has 1 aliphatic rings. The van der Waals surface area contributed by atoms with Crippen molar-refractivity contribution in [2.75, 3.05) is 13.1 Å². The molecule has 5 aromatic rings. The van der Waals surface area contributed by atoms with Crippen molar-refractivity contribution in [3.05, 3.63) is 77.6 Å². The first-order valence-electron chi connectivity index (χ1n) is 11.6. The summed E-state index contributed by atoms with van der Waals surface area (Å²) in [4.78, 5) is 31.6. The van der Waals surface area contributed by atoms with E-state index in [9.17, 15) is 22.8 Å². The minimum Gasteiger partial charge on any atom is -0.340 e. The van der Waals surface area contributed by atoms with Gasteiger partial charge in [-0.25, -0.2) is 4.79 Å². The van der Waals surface area contributed by atoms with Gasteiger partial charge in [-0.1, -0.05) is 24.3 Å². The van der Waals surface area contributed by atoms with E-state index in [2.05, 4.69) is 10.1 Å². The third-order valence-corrected chi connectivity index (χ3v) is 6.94. The number of likely N-dealkylation sites (tertiary alicyclic amines) is 1. The Kier molecular flexibility index (Phi) is 5.18. The first-order chi connectivity index (χ1) is 17.7. The fourth-order valence-electron chi connectivity index (χ4n) is 4.81. The molecule has 6 rings (SSSR count). The van der Waals surface area contributed by atoms with E-state index in [1.54, 1.807) is 47.5 Å². The monoisotopic (exact) mass is 506 g/mol. The first-order valence-corrected chi connectivity index (χ1v) is 11.6. The highest BCUT2D eigenvalue weighted by atomic mass is 19.4. The highest BCUT2D eigenvalue weighted by Gasteiger charge is 2.48. The van der Waals surface area contributed by atoms with Crippen molar-refractivity contribution in [1.29, 1.82) is 0 Å². The summed E-state index contributed by atoms with van der Waals surface area (Å²) in [5, 5.41) is 5.25. The van der Waals surface area contributed by atoms with Gasteiger partial charge in [0.2, 0.25) is 5.91 Å². The van der Waals surface area contributed by atoms with Gasteiger partial charge in [-0.05, 0) is 29.8 Å². The van der Waals surface area contributed by atoms with Crippen molar-refractivity contribution in [2.45, 2.75) is 12.7 Å². The fraction of sp³-hybridized carbons (Fsp3) is 0.231. The quantitative estimate of drug-likeness (QED) is 0.372. The molecule has 0 saturated carbocycles. The van der Waals surface area contributed by atoms with E-state index in [0.29, 0.717) is 16.7 Å². The number of imidazole rings is 1. The predicted molar refractivity (Wildman–Crippen MR) is 131 cm³/mol. The Morgan fingerprint density at radius 2 is 1.68 bits per heavy atom. The smallest absolute Gasteiger partial charge is 0.340 e. The lowest BCUT2D eigenvalue weighted by atomic mass is 10.00. The number of carbonyl (C=O) groups is 1. The molecule has 0 aliphatic carbocycles. The molecular formula is C26H21F3N6O2. The molecule has 8 nitrogen and oxygen atoms in total. The van der Waals surface area contributed by atoms with Gasteiger partial charge in [-0.2, -0.15) is 18.3 Å². The number of amides is 1. The largest absolute Gasteiger partial charge is 0.395 e. The van der Waals surface area contributed by atoms with Gasteiger partial charge in [0.05, 0.1) is 40.5 Å². The summed E-state index contributed by atoms with van der Waals surface area (Å²) in [6, 6.07) is 14.4. The Morgan fingerprint density at radius 1 is 0.973 bits per heavy atom. The highest BCUT2D eigenvalue weighted by Crippen LogP contribution is 2.33. The van der Waals surface area contributed by atoms with Crippen LogP contribution in [0.25, 0.3) is 38.8 Å². The van der Waals surface area contributed by atoms with Crippen LogP contribution in [0.3, 0.4) is 0 Å². The van der Waals surface area contributed by atoms with Crippen LogP contribution in [0.5, 0.6) is 0 Å². The van der Waals surface area contributed by atoms with E-state index >= 15 is 0 Å². The Morgan fingerprint density at radius 3 is 2.38 bits per heavy atom. The van der Waals surface area contributed by atoms with Gasteiger partial charge in [0.15, 0.2) is 0 Å². The third kappa shape index (κ3) is 3.78. The lowest BCUT2D eigenvalue weighted by molar-refractivity contribution is -0.209. The maximum Gasteiger partial charge on any atom is 0.395 e.